The van der Waals surface area contributed by atoms with Gasteiger partial charge in [0.2, 0.25) is 0 Å². The predicted molar refractivity (Wildman–Crippen MR) is 253 cm³/mol. The van der Waals surface area contributed by atoms with E-state index < -0.39 is 0 Å². The first-order valence-corrected chi connectivity index (χ1v) is 25.4. The van der Waals surface area contributed by atoms with Crippen molar-refractivity contribution in [2.24, 2.45) is 0 Å². The van der Waals surface area contributed by atoms with Crippen molar-refractivity contribution in [2.75, 3.05) is 99.9 Å². The van der Waals surface area contributed by atoms with Crippen molar-refractivity contribution in [1.29, 1.82) is 0 Å². The first-order valence-electron chi connectivity index (χ1n) is 25.4. The van der Waals surface area contributed by atoms with Gasteiger partial charge in [0.15, 0.2) is 6.29 Å². The molecule has 1 atom stereocenters. The van der Waals surface area contributed by atoms with E-state index in [2.05, 4.69) is 52.2 Å². The summed E-state index contributed by atoms with van der Waals surface area (Å²) in [7, 11) is 4.66. The number of rotatable bonds is 51. The highest BCUT2D eigenvalue weighted by atomic mass is 16.7. The fourth-order valence-electron chi connectivity index (χ4n) is 7.38. The van der Waals surface area contributed by atoms with E-state index >= 15 is 0 Å². The van der Waals surface area contributed by atoms with Crippen molar-refractivity contribution in [3.05, 3.63) is 24.3 Å². The fourth-order valence-corrected chi connectivity index (χ4v) is 7.38. The zero-order valence-electron chi connectivity index (χ0n) is 40.2. The lowest BCUT2D eigenvalue weighted by Gasteiger charge is -2.33. The minimum Gasteiger partial charge on any atom is -0.394 e. The second kappa shape index (κ2) is 49.1. The molecule has 9 heteroatoms. The van der Waals surface area contributed by atoms with Gasteiger partial charge in [0.05, 0.1) is 80.1 Å². The lowest BCUT2D eigenvalue weighted by atomic mass is 10.1. The molecule has 0 aliphatic rings. The standard InChI is InChI=1S/C51H102NO8/c1-5-7-9-11-13-15-17-19-21-23-25-27-29-34-40-57-49-50(58-41-35-30-28-26-24-22-20-18-16-14-12-10-8-6-2)48-52(3,4)37-33-31-32-36-51(59-46-44-55-42-38-53)60-47-45-56-43-39-54/h11-14,50-51,53-54H,5-10,15-49H2,1-4H3/q+1. The Morgan fingerprint density at radius 1 is 0.417 bits per heavy atom. The maximum absolute atomic E-state index is 8.95. The summed E-state index contributed by atoms with van der Waals surface area (Å²) in [5, 5.41) is 17.9. The molecular formula is C51H102NO8+. The van der Waals surface area contributed by atoms with Crippen LogP contribution >= 0.6 is 0 Å². The van der Waals surface area contributed by atoms with Gasteiger partial charge in [0, 0.05) is 13.2 Å². The number of ether oxygens (including phenoxy) is 6. The van der Waals surface area contributed by atoms with Crippen LogP contribution in [0.1, 0.15) is 194 Å². The predicted octanol–water partition coefficient (Wildman–Crippen LogP) is 11.9. The summed E-state index contributed by atoms with van der Waals surface area (Å²) in [6.45, 7) is 11.2. The van der Waals surface area contributed by atoms with E-state index in [9.17, 15) is 0 Å². The Hall–Kier alpha value is -0.880. The zero-order valence-corrected chi connectivity index (χ0v) is 40.2. The molecule has 9 nitrogen and oxygen atoms in total. The molecule has 0 heterocycles. The van der Waals surface area contributed by atoms with Crippen LogP contribution in [0.3, 0.4) is 0 Å². The van der Waals surface area contributed by atoms with Crippen LogP contribution < -0.4 is 0 Å². The van der Waals surface area contributed by atoms with Crippen LogP contribution in [0.4, 0.5) is 0 Å². The SMILES string of the molecule is CCCCC=CCCCCCCCCCCOCC(C[N+](C)(C)CCCCCC(OCCOCCO)OCCOCCO)OCCCCCCCCCCC=CCCCC. The van der Waals surface area contributed by atoms with Gasteiger partial charge in [-0.15, -0.1) is 0 Å². The second-order valence-electron chi connectivity index (χ2n) is 17.6. The molecule has 0 bridgehead atoms. The molecule has 0 saturated heterocycles. The largest absolute Gasteiger partial charge is 0.394 e. The van der Waals surface area contributed by atoms with E-state index in [0.717, 1.165) is 69.3 Å². The Morgan fingerprint density at radius 2 is 0.850 bits per heavy atom. The quantitative estimate of drug-likeness (QED) is 0.0270. The van der Waals surface area contributed by atoms with E-state index in [1.165, 1.54) is 141 Å². The third-order valence-corrected chi connectivity index (χ3v) is 11.0. The van der Waals surface area contributed by atoms with Crippen molar-refractivity contribution in [2.45, 2.75) is 206 Å². The number of unbranched alkanes of at least 4 members (excludes halogenated alkanes) is 22. The molecule has 2 N–H and O–H groups in total. The van der Waals surface area contributed by atoms with Crippen molar-refractivity contribution >= 4 is 0 Å². The molecule has 0 rings (SSSR count). The Kier molecular flexibility index (Phi) is 48.4. The zero-order chi connectivity index (χ0) is 43.7. The molecule has 1 unspecified atom stereocenters. The van der Waals surface area contributed by atoms with Crippen molar-refractivity contribution < 1.29 is 43.1 Å². The van der Waals surface area contributed by atoms with Crippen LogP contribution in [0.25, 0.3) is 0 Å². The third-order valence-electron chi connectivity index (χ3n) is 11.0. The Balaban J connectivity index is 4.57. The number of likely N-dealkylation sites (N-methyl/N-ethyl adjacent to an activating group) is 1. The van der Waals surface area contributed by atoms with Gasteiger partial charge in [-0.3, -0.25) is 0 Å². The van der Waals surface area contributed by atoms with Crippen LogP contribution in [-0.2, 0) is 28.4 Å². The monoisotopic (exact) mass is 857 g/mol. The average Bonchev–Trinajstić information content (AvgIpc) is 3.24. The topological polar surface area (TPSA) is 95.8 Å². The van der Waals surface area contributed by atoms with Gasteiger partial charge in [-0.1, -0.05) is 141 Å². The summed E-state index contributed by atoms with van der Waals surface area (Å²) in [5.41, 5.74) is 0. The molecular weight excluding hydrogens is 755 g/mol. The van der Waals surface area contributed by atoms with E-state index in [4.69, 9.17) is 38.6 Å². The first-order chi connectivity index (χ1) is 29.5. The van der Waals surface area contributed by atoms with E-state index in [0.29, 0.717) is 46.2 Å². The summed E-state index contributed by atoms with van der Waals surface area (Å²) in [4.78, 5) is 0. The molecule has 0 spiro atoms. The smallest absolute Gasteiger partial charge is 0.157 e. The fraction of sp³-hybridized carbons (Fsp3) is 0.922. The number of hydrogen-bond acceptors (Lipinski definition) is 8. The van der Waals surface area contributed by atoms with Crippen LogP contribution in [0.2, 0.25) is 0 Å². The Morgan fingerprint density at radius 3 is 1.33 bits per heavy atom. The van der Waals surface area contributed by atoms with Crippen LogP contribution in [0.5, 0.6) is 0 Å². The van der Waals surface area contributed by atoms with E-state index in [1.54, 1.807) is 0 Å². The molecule has 0 aromatic heterocycles. The molecule has 0 amide bonds. The summed E-state index contributed by atoms with van der Waals surface area (Å²) < 4.78 is 36.3. The van der Waals surface area contributed by atoms with Crippen LogP contribution in [0, 0.1) is 0 Å². The van der Waals surface area contributed by atoms with Gasteiger partial charge in [-0.2, -0.15) is 0 Å². The lowest BCUT2D eigenvalue weighted by Crippen LogP contribution is -2.48. The maximum atomic E-state index is 8.95. The molecule has 358 valence electrons. The highest BCUT2D eigenvalue weighted by Gasteiger charge is 2.23. The van der Waals surface area contributed by atoms with Crippen molar-refractivity contribution in [3.63, 3.8) is 0 Å². The molecule has 0 fully saturated rings. The average molecular weight is 857 g/mol. The minimum atomic E-state index is -0.317. The van der Waals surface area contributed by atoms with Gasteiger partial charge in [-0.05, 0) is 77.0 Å². The Bertz CT molecular complexity index is 858. The van der Waals surface area contributed by atoms with Crippen molar-refractivity contribution in [1.82, 2.24) is 0 Å². The number of nitrogens with zero attached hydrogens (tertiary/aromatic N) is 1. The van der Waals surface area contributed by atoms with Gasteiger partial charge < -0.3 is 43.1 Å². The lowest BCUT2D eigenvalue weighted by molar-refractivity contribution is -0.893. The summed E-state index contributed by atoms with van der Waals surface area (Å²) in [5.74, 6) is 0. The number of aliphatic hydroxyl groups excluding tert-OH is 2. The molecule has 0 aliphatic carbocycles. The Labute approximate surface area is 372 Å². The summed E-state index contributed by atoms with van der Waals surface area (Å²) >= 11 is 0. The molecule has 0 aromatic carbocycles. The minimum absolute atomic E-state index is 0.00729. The highest BCUT2D eigenvalue weighted by molar-refractivity contribution is 4.81. The second-order valence-corrected chi connectivity index (χ2v) is 17.6. The third kappa shape index (κ3) is 46.6. The molecule has 60 heavy (non-hydrogen) atoms. The van der Waals surface area contributed by atoms with Crippen LogP contribution in [0.15, 0.2) is 24.3 Å². The van der Waals surface area contributed by atoms with Gasteiger partial charge in [-0.25, -0.2) is 0 Å². The molecule has 0 saturated carbocycles. The first kappa shape index (κ1) is 59.1. The molecule has 0 aliphatic heterocycles. The van der Waals surface area contributed by atoms with Gasteiger partial charge in [0.25, 0.3) is 0 Å². The van der Waals surface area contributed by atoms with Crippen molar-refractivity contribution in [3.8, 4) is 0 Å². The molecule has 0 radical (unpaired) electrons. The van der Waals surface area contributed by atoms with E-state index in [-0.39, 0.29) is 25.6 Å². The van der Waals surface area contributed by atoms with Gasteiger partial charge >= 0.3 is 0 Å². The van der Waals surface area contributed by atoms with Gasteiger partial charge in [0.1, 0.15) is 12.6 Å². The van der Waals surface area contributed by atoms with E-state index in [1.807, 2.05) is 0 Å². The number of quaternary nitrogens is 1. The highest BCUT2D eigenvalue weighted by Crippen LogP contribution is 2.15. The normalized spacial score (nSPS) is 12.9. The summed E-state index contributed by atoms with van der Waals surface area (Å²) in [6.07, 6.45) is 44.6. The van der Waals surface area contributed by atoms with Crippen LogP contribution in [-0.4, -0.2) is 127 Å². The number of hydrogen-bond donors (Lipinski definition) is 2. The summed E-state index contributed by atoms with van der Waals surface area (Å²) in [6, 6.07) is 0. The number of aliphatic hydroxyl groups is 2. The maximum Gasteiger partial charge on any atom is 0.157 e. The number of allylic oxidation sites excluding steroid dienone is 4. The molecule has 0 aromatic rings.